The first kappa shape index (κ1) is 27.9. The van der Waals surface area contributed by atoms with Crippen LogP contribution in [0, 0.1) is 12.7 Å². The molecule has 1 saturated carbocycles. The maximum atomic E-state index is 15.4. The van der Waals surface area contributed by atoms with E-state index in [0.29, 0.717) is 47.3 Å². The summed E-state index contributed by atoms with van der Waals surface area (Å²) < 4.78 is 62.2. The Balaban J connectivity index is 1.64. The van der Waals surface area contributed by atoms with Gasteiger partial charge in [-0.15, -0.1) is 0 Å². The van der Waals surface area contributed by atoms with Gasteiger partial charge in [-0.2, -0.15) is 8.78 Å². The minimum Gasteiger partial charge on any atom is -0.493 e. The van der Waals surface area contributed by atoms with Crippen LogP contribution in [-0.2, 0) is 10.7 Å². The van der Waals surface area contributed by atoms with E-state index >= 15 is 4.39 Å². The second-order valence-electron chi connectivity index (χ2n) is 10.5. The van der Waals surface area contributed by atoms with Crippen LogP contribution in [0.15, 0.2) is 30.3 Å². The van der Waals surface area contributed by atoms with E-state index < -0.39 is 28.9 Å². The standard InChI is InChI=1S/C28H34F3N3O4/c1-16(18-8-7-9-20(24(18)29)28(30,31)26(3,4)35)32-25-19-14-23(37-12-13-38-27(5)10-11-27)22(36-6)15-21(19)33-17(2)34-25/h7-9,14-16,35H,10-13H2,1-6H3,(H,32,33,34)/t16-/m1/s1. The molecule has 1 atom stereocenters. The van der Waals surface area contributed by atoms with Gasteiger partial charge in [-0.1, -0.05) is 12.1 Å². The molecule has 2 N–H and O–H groups in total. The molecule has 1 aliphatic rings. The fourth-order valence-electron chi connectivity index (χ4n) is 4.13. The van der Waals surface area contributed by atoms with Gasteiger partial charge in [0.05, 0.1) is 36.4 Å². The van der Waals surface area contributed by atoms with E-state index in [2.05, 4.69) is 22.2 Å². The topological polar surface area (TPSA) is 85.7 Å². The third-order valence-corrected chi connectivity index (χ3v) is 6.79. The lowest BCUT2D eigenvalue weighted by Gasteiger charge is -2.30. The number of aromatic nitrogens is 2. The molecule has 0 bridgehead atoms. The van der Waals surface area contributed by atoms with Crippen LogP contribution in [0.4, 0.5) is 19.0 Å². The van der Waals surface area contributed by atoms with E-state index in [-0.39, 0.29) is 11.2 Å². The molecule has 10 heteroatoms. The van der Waals surface area contributed by atoms with Gasteiger partial charge in [-0.3, -0.25) is 0 Å². The highest BCUT2D eigenvalue weighted by Gasteiger charge is 2.49. The molecule has 38 heavy (non-hydrogen) atoms. The lowest BCUT2D eigenvalue weighted by Crippen LogP contribution is -2.41. The number of aryl methyl sites for hydroxylation is 1. The highest BCUT2D eigenvalue weighted by Crippen LogP contribution is 2.42. The third-order valence-electron chi connectivity index (χ3n) is 6.79. The first-order chi connectivity index (χ1) is 17.8. The quantitative estimate of drug-likeness (QED) is 0.289. The molecule has 0 saturated heterocycles. The molecule has 1 fully saturated rings. The van der Waals surface area contributed by atoms with Crippen LogP contribution >= 0.6 is 0 Å². The number of anilines is 1. The lowest BCUT2D eigenvalue weighted by atomic mass is 9.91. The normalized spacial score (nSPS) is 15.8. The molecule has 0 radical (unpaired) electrons. The number of alkyl halides is 2. The number of halogens is 3. The third kappa shape index (κ3) is 5.66. The molecule has 0 amide bonds. The van der Waals surface area contributed by atoms with Gasteiger partial charge in [0.25, 0.3) is 0 Å². The summed E-state index contributed by atoms with van der Waals surface area (Å²) in [5, 5.41) is 13.7. The first-order valence-corrected chi connectivity index (χ1v) is 12.5. The molecular weight excluding hydrogens is 499 g/mol. The van der Waals surface area contributed by atoms with Crippen LogP contribution in [-0.4, -0.2) is 46.6 Å². The molecule has 4 rings (SSSR count). The average Bonchev–Trinajstić information content (AvgIpc) is 3.57. The number of fused-ring (bicyclic) bond motifs is 1. The minimum absolute atomic E-state index is 0.00606. The predicted molar refractivity (Wildman–Crippen MR) is 139 cm³/mol. The second kappa shape index (κ2) is 10.2. The Kier molecular flexibility index (Phi) is 7.51. The molecule has 1 heterocycles. The first-order valence-electron chi connectivity index (χ1n) is 12.5. The summed E-state index contributed by atoms with van der Waals surface area (Å²) in [4.78, 5) is 8.97. The Bertz CT molecular complexity index is 1320. The summed E-state index contributed by atoms with van der Waals surface area (Å²) in [5.74, 6) is -3.10. The Morgan fingerprint density at radius 2 is 1.84 bits per heavy atom. The zero-order valence-electron chi connectivity index (χ0n) is 22.5. The van der Waals surface area contributed by atoms with Gasteiger partial charge in [0.1, 0.15) is 29.7 Å². The maximum absolute atomic E-state index is 15.4. The van der Waals surface area contributed by atoms with Gasteiger partial charge >= 0.3 is 5.92 Å². The van der Waals surface area contributed by atoms with Crippen LogP contribution in [0.2, 0.25) is 0 Å². The molecule has 1 aliphatic carbocycles. The van der Waals surface area contributed by atoms with E-state index in [9.17, 15) is 13.9 Å². The van der Waals surface area contributed by atoms with Crippen molar-refractivity contribution in [3.05, 3.63) is 53.1 Å². The van der Waals surface area contributed by atoms with E-state index in [4.69, 9.17) is 14.2 Å². The van der Waals surface area contributed by atoms with E-state index in [0.717, 1.165) is 32.8 Å². The van der Waals surface area contributed by atoms with Crippen molar-refractivity contribution in [3.63, 3.8) is 0 Å². The van der Waals surface area contributed by atoms with Gasteiger partial charge in [-0.25, -0.2) is 14.4 Å². The Morgan fingerprint density at radius 3 is 2.47 bits per heavy atom. The van der Waals surface area contributed by atoms with Crippen molar-refractivity contribution in [2.24, 2.45) is 0 Å². The fourth-order valence-corrected chi connectivity index (χ4v) is 4.13. The highest BCUT2D eigenvalue weighted by atomic mass is 19.3. The van der Waals surface area contributed by atoms with E-state index in [1.54, 1.807) is 26.0 Å². The monoisotopic (exact) mass is 533 g/mol. The maximum Gasteiger partial charge on any atom is 0.303 e. The number of methoxy groups -OCH3 is 1. The molecule has 3 aromatic rings. The lowest BCUT2D eigenvalue weighted by molar-refractivity contribution is -0.170. The summed E-state index contributed by atoms with van der Waals surface area (Å²) in [6.07, 6.45) is 2.07. The molecule has 2 aromatic carbocycles. The van der Waals surface area contributed by atoms with Crippen molar-refractivity contribution in [3.8, 4) is 11.5 Å². The van der Waals surface area contributed by atoms with Crippen LogP contribution in [0.1, 0.15) is 63.5 Å². The van der Waals surface area contributed by atoms with Gasteiger partial charge in [0, 0.05) is 17.0 Å². The van der Waals surface area contributed by atoms with Gasteiger partial charge < -0.3 is 24.6 Å². The summed E-state index contributed by atoms with van der Waals surface area (Å²) in [6, 6.07) is 6.46. The van der Waals surface area contributed by atoms with Crippen molar-refractivity contribution in [2.75, 3.05) is 25.6 Å². The van der Waals surface area contributed by atoms with Crippen LogP contribution in [0.3, 0.4) is 0 Å². The number of nitrogens with one attached hydrogen (secondary N) is 1. The number of benzene rings is 2. The summed E-state index contributed by atoms with van der Waals surface area (Å²) in [5.41, 5.74) is -2.80. The molecule has 1 aromatic heterocycles. The summed E-state index contributed by atoms with van der Waals surface area (Å²) in [6.45, 7) is 8.06. The Morgan fingerprint density at radius 1 is 1.13 bits per heavy atom. The van der Waals surface area contributed by atoms with Crippen molar-refractivity contribution >= 4 is 16.7 Å². The number of hydrogen-bond donors (Lipinski definition) is 2. The molecular formula is C28H34F3N3O4. The van der Waals surface area contributed by atoms with Crippen molar-refractivity contribution < 1.29 is 32.5 Å². The van der Waals surface area contributed by atoms with Crippen LogP contribution in [0.5, 0.6) is 11.5 Å². The molecule has 0 unspecified atom stereocenters. The van der Waals surface area contributed by atoms with E-state index in [1.165, 1.54) is 19.2 Å². The number of rotatable bonds is 11. The number of aliphatic hydroxyl groups is 1. The molecule has 0 aliphatic heterocycles. The largest absolute Gasteiger partial charge is 0.493 e. The average molecular weight is 534 g/mol. The van der Waals surface area contributed by atoms with Gasteiger partial charge in [0.15, 0.2) is 11.5 Å². The molecule has 0 spiro atoms. The molecule has 7 nitrogen and oxygen atoms in total. The van der Waals surface area contributed by atoms with Gasteiger partial charge in [-0.05, 0) is 59.6 Å². The smallest absolute Gasteiger partial charge is 0.303 e. The number of ether oxygens (including phenoxy) is 3. The zero-order chi connectivity index (χ0) is 27.9. The number of hydrogen-bond acceptors (Lipinski definition) is 7. The predicted octanol–water partition coefficient (Wildman–Crippen LogP) is 6.07. The summed E-state index contributed by atoms with van der Waals surface area (Å²) in [7, 11) is 1.53. The van der Waals surface area contributed by atoms with Crippen LogP contribution in [0.25, 0.3) is 10.9 Å². The Labute approximate surface area is 220 Å². The second-order valence-corrected chi connectivity index (χ2v) is 10.5. The van der Waals surface area contributed by atoms with Crippen LogP contribution < -0.4 is 14.8 Å². The molecule has 206 valence electrons. The Hall–Kier alpha value is -3.11. The van der Waals surface area contributed by atoms with E-state index in [1.807, 2.05) is 0 Å². The van der Waals surface area contributed by atoms with Gasteiger partial charge in [0.2, 0.25) is 0 Å². The summed E-state index contributed by atoms with van der Waals surface area (Å²) >= 11 is 0. The van der Waals surface area contributed by atoms with Crippen molar-refractivity contribution in [1.82, 2.24) is 9.97 Å². The fraction of sp³-hybridized carbons (Fsp3) is 0.500. The minimum atomic E-state index is -3.80. The SMILES string of the molecule is COc1cc2nc(C)nc(N[C@H](C)c3cccc(C(F)(F)C(C)(C)O)c3F)c2cc1OCCOC1(C)CC1. The number of nitrogens with zero attached hydrogens (tertiary/aromatic N) is 2. The van der Waals surface area contributed by atoms with Crippen molar-refractivity contribution in [2.45, 2.75) is 70.6 Å². The highest BCUT2D eigenvalue weighted by molar-refractivity contribution is 5.92. The zero-order valence-corrected chi connectivity index (χ0v) is 22.5. The van der Waals surface area contributed by atoms with Crippen molar-refractivity contribution in [1.29, 1.82) is 0 Å².